The quantitative estimate of drug-likeness (QED) is 0.312. The minimum Gasteiger partial charge on any atom is -0.425 e. The average Bonchev–Trinajstić information content (AvgIpc) is 2.74. The molecule has 1 aliphatic rings. The van der Waals surface area contributed by atoms with E-state index < -0.39 is 12.1 Å². The summed E-state index contributed by atoms with van der Waals surface area (Å²) in [6.45, 7) is 5.76. The summed E-state index contributed by atoms with van der Waals surface area (Å²) in [5, 5.41) is 9.69. The summed E-state index contributed by atoms with van der Waals surface area (Å²) in [6, 6.07) is 0. The van der Waals surface area contributed by atoms with Gasteiger partial charge in [0.15, 0.2) is 0 Å². The van der Waals surface area contributed by atoms with Crippen molar-refractivity contribution in [1.82, 2.24) is 0 Å². The zero-order chi connectivity index (χ0) is 16.2. The van der Waals surface area contributed by atoms with Crippen molar-refractivity contribution in [3.8, 4) is 0 Å². The fourth-order valence-corrected chi connectivity index (χ4v) is 2.78. The van der Waals surface area contributed by atoms with E-state index in [4.69, 9.17) is 4.74 Å². The van der Waals surface area contributed by atoms with Crippen LogP contribution in [0.15, 0.2) is 24.0 Å². The molecule has 0 radical (unpaired) electrons. The molecule has 0 saturated carbocycles. The molecule has 1 heterocycles. The van der Waals surface area contributed by atoms with Crippen LogP contribution in [0.5, 0.6) is 0 Å². The van der Waals surface area contributed by atoms with Gasteiger partial charge in [0.2, 0.25) is 0 Å². The van der Waals surface area contributed by atoms with Gasteiger partial charge in [-0.1, -0.05) is 83.8 Å². The fourth-order valence-electron chi connectivity index (χ4n) is 2.78. The number of esters is 1. The van der Waals surface area contributed by atoms with E-state index >= 15 is 0 Å². The highest BCUT2D eigenvalue weighted by Crippen LogP contribution is 2.23. The topological polar surface area (TPSA) is 46.5 Å². The number of ether oxygens (including phenoxy) is 1. The molecule has 0 aromatic carbocycles. The van der Waals surface area contributed by atoms with E-state index in [1.54, 1.807) is 6.08 Å². The van der Waals surface area contributed by atoms with Crippen molar-refractivity contribution in [2.75, 3.05) is 0 Å². The second-order valence-electron chi connectivity index (χ2n) is 6.24. The van der Waals surface area contributed by atoms with Crippen molar-refractivity contribution in [3.63, 3.8) is 0 Å². The molecular formula is C19H32O3. The predicted octanol–water partition coefficient (Wildman–Crippen LogP) is 5.05. The van der Waals surface area contributed by atoms with E-state index in [1.807, 2.05) is 0 Å². The molecule has 0 spiro atoms. The largest absolute Gasteiger partial charge is 0.425 e. The van der Waals surface area contributed by atoms with Crippen LogP contribution in [0.3, 0.4) is 0 Å². The zero-order valence-corrected chi connectivity index (χ0v) is 14.1. The highest BCUT2D eigenvalue weighted by Gasteiger charge is 2.32. The molecule has 22 heavy (non-hydrogen) atoms. The molecule has 126 valence electrons. The molecule has 0 aromatic rings. The third kappa shape index (κ3) is 7.26. The lowest BCUT2D eigenvalue weighted by molar-refractivity contribution is -0.132. The molecule has 1 atom stereocenters. The van der Waals surface area contributed by atoms with Crippen molar-refractivity contribution in [1.29, 1.82) is 0 Å². The first-order valence-electron chi connectivity index (χ1n) is 8.96. The van der Waals surface area contributed by atoms with Crippen LogP contribution in [0.4, 0.5) is 0 Å². The number of unbranched alkanes of at least 4 members (excludes halogenated alkanes) is 11. The molecule has 0 bridgehead atoms. The van der Waals surface area contributed by atoms with Gasteiger partial charge in [-0.15, -0.1) is 0 Å². The van der Waals surface area contributed by atoms with Crippen LogP contribution in [-0.2, 0) is 9.53 Å². The van der Waals surface area contributed by atoms with Gasteiger partial charge in [0.1, 0.15) is 11.9 Å². The van der Waals surface area contributed by atoms with Crippen molar-refractivity contribution in [3.05, 3.63) is 24.0 Å². The third-order valence-corrected chi connectivity index (χ3v) is 4.23. The number of carbonyl (C=O) groups excluding carboxylic acids is 1. The maximum absolute atomic E-state index is 11.4. The molecule has 1 N–H and O–H groups in total. The van der Waals surface area contributed by atoms with Gasteiger partial charge in [0.05, 0.1) is 5.57 Å². The van der Waals surface area contributed by atoms with Gasteiger partial charge >= 0.3 is 5.97 Å². The highest BCUT2D eigenvalue weighted by molar-refractivity contribution is 5.93. The van der Waals surface area contributed by atoms with Crippen LogP contribution in [0.1, 0.15) is 84.0 Å². The van der Waals surface area contributed by atoms with Crippen molar-refractivity contribution < 1.29 is 14.6 Å². The first-order valence-corrected chi connectivity index (χ1v) is 8.96. The van der Waals surface area contributed by atoms with Gasteiger partial charge in [-0.25, -0.2) is 4.79 Å². The number of aliphatic hydroxyl groups excluding tert-OH is 1. The van der Waals surface area contributed by atoms with E-state index in [2.05, 4.69) is 13.5 Å². The summed E-state index contributed by atoms with van der Waals surface area (Å²) in [5.74, 6) is -0.296. The second-order valence-corrected chi connectivity index (χ2v) is 6.24. The number of hydrogen-bond donors (Lipinski definition) is 1. The van der Waals surface area contributed by atoms with Gasteiger partial charge in [-0.05, 0) is 12.8 Å². The Kier molecular flexibility index (Phi) is 9.89. The molecule has 1 saturated heterocycles. The summed E-state index contributed by atoms with van der Waals surface area (Å²) < 4.78 is 4.79. The highest BCUT2D eigenvalue weighted by atomic mass is 16.6. The molecule has 1 rings (SSSR count). The second kappa shape index (κ2) is 11.5. The molecule has 0 aromatic heterocycles. The van der Waals surface area contributed by atoms with E-state index in [1.165, 1.54) is 64.2 Å². The minimum atomic E-state index is -0.930. The van der Waals surface area contributed by atoms with Crippen molar-refractivity contribution >= 4 is 5.97 Å². The lowest BCUT2D eigenvalue weighted by Crippen LogP contribution is -2.07. The van der Waals surface area contributed by atoms with Crippen LogP contribution in [-0.4, -0.2) is 17.2 Å². The molecule has 1 aliphatic heterocycles. The Labute approximate surface area is 135 Å². The van der Waals surface area contributed by atoms with Crippen molar-refractivity contribution in [2.24, 2.45) is 0 Å². The lowest BCUT2D eigenvalue weighted by atomic mass is 10.0. The predicted molar refractivity (Wildman–Crippen MR) is 90.4 cm³/mol. The molecule has 3 heteroatoms. The normalized spacial score (nSPS) is 19.9. The zero-order valence-electron chi connectivity index (χ0n) is 14.1. The number of cyclic esters (lactones) is 1. The third-order valence-electron chi connectivity index (χ3n) is 4.23. The fraction of sp³-hybridized carbons (Fsp3) is 0.737. The Morgan fingerprint density at radius 2 is 1.50 bits per heavy atom. The number of allylic oxidation sites excluding steroid dienone is 1. The van der Waals surface area contributed by atoms with Crippen LogP contribution < -0.4 is 0 Å². The monoisotopic (exact) mass is 308 g/mol. The molecule has 3 nitrogen and oxygen atoms in total. The van der Waals surface area contributed by atoms with E-state index in [0.29, 0.717) is 5.57 Å². The lowest BCUT2D eigenvalue weighted by Gasteiger charge is -2.02. The smallest absolute Gasteiger partial charge is 0.341 e. The Morgan fingerprint density at radius 3 is 1.95 bits per heavy atom. The average molecular weight is 308 g/mol. The number of rotatable bonds is 12. The van der Waals surface area contributed by atoms with Crippen molar-refractivity contribution in [2.45, 2.75) is 90.1 Å². The van der Waals surface area contributed by atoms with Crippen LogP contribution in [0, 0.1) is 0 Å². The summed E-state index contributed by atoms with van der Waals surface area (Å²) in [6.07, 6.45) is 16.1. The summed E-state index contributed by atoms with van der Waals surface area (Å²) in [5.41, 5.74) is 0.358. The van der Waals surface area contributed by atoms with Gasteiger partial charge < -0.3 is 9.84 Å². The Bertz CT molecular complexity index is 371. The SMILES string of the molecule is C=C1OC(=O)C(=CCCCCCCCCCCCCC)[C@@H]1O. The minimum absolute atomic E-state index is 0.148. The molecule has 0 amide bonds. The van der Waals surface area contributed by atoms with Crippen LogP contribution in [0.25, 0.3) is 0 Å². The number of aliphatic hydroxyl groups is 1. The number of hydrogen-bond acceptors (Lipinski definition) is 3. The number of carbonyl (C=O) groups is 1. The summed E-state index contributed by atoms with van der Waals surface area (Å²) in [4.78, 5) is 11.4. The maximum Gasteiger partial charge on any atom is 0.341 e. The Balaban J connectivity index is 1.94. The molecule has 1 fully saturated rings. The first kappa shape index (κ1) is 19.0. The molecule has 0 unspecified atom stereocenters. The van der Waals surface area contributed by atoms with Gasteiger partial charge in [-0.3, -0.25) is 0 Å². The van der Waals surface area contributed by atoms with Gasteiger partial charge in [0.25, 0.3) is 0 Å². The van der Waals surface area contributed by atoms with E-state index in [-0.39, 0.29) is 5.76 Å². The molecular weight excluding hydrogens is 276 g/mol. The maximum atomic E-state index is 11.4. The van der Waals surface area contributed by atoms with Gasteiger partial charge in [0, 0.05) is 0 Å². The Morgan fingerprint density at radius 1 is 1.00 bits per heavy atom. The standard InChI is InChI=1S/C19H32O3/c1-3-4-5-6-7-8-9-10-11-12-13-14-15-17-18(20)16(2)22-19(17)21/h15,18,20H,2-14H2,1H3/t18-/m1/s1. The Hall–Kier alpha value is -1.09. The van der Waals surface area contributed by atoms with E-state index in [0.717, 1.165) is 12.8 Å². The van der Waals surface area contributed by atoms with Gasteiger partial charge in [-0.2, -0.15) is 0 Å². The van der Waals surface area contributed by atoms with Crippen LogP contribution >= 0.6 is 0 Å². The molecule has 0 aliphatic carbocycles. The van der Waals surface area contributed by atoms with E-state index in [9.17, 15) is 9.90 Å². The summed E-state index contributed by atoms with van der Waals surface area (Å²) >= 11 is 0. The first-order chi connectivity index (χ1) is 10.7. The summed E-state index contributed by atoms with van der Waals surface area (Å²) in [7, 11) is 0. The van der Waals surface area contributed by atoms with Crippen LogP contribution in [0.2, 0.25) is 0 Å².